The van der Waals surface area contributed by atoms with Crippen molar-refractivity contribution in [3.63, 3.8) is 0 Å². The van der Waals surface area contributed by atoms with Crippen LogP contribution in [-0.4, -0.2) is 75.7 Å². The molecule has 8 nitrogen and oxygen atoms in total. The molecule has 1 heterocycles. The van der Waals surface area contributed by atoms with Crippen LogP contribution in [0.2, 0.25) is 0 Å². The minimum atomic E-state index is -1.04. The SMILES string of the molecule is CC[C@H](C)[C@@H](CN(CC(=O)N[C@@H](CCSC)C(=O)O)Cc1cccc2ccccc12)NC(=O)CSCc1ccncc1. The zero-order valence-corrected chi connectivity index (χ0v) is 26.3. The molecule has 3 N–H and O–H groups in total. The molecule has 0 aliphatic carbocycles. The van der Waals surface area contributed by atoms with Crippen molar-refractivity contribution >= 4 is 52.1 Å². The molecular formula is C32H42N4O4S2. The number of pyridine rings is 1. The van der Waals surface area contributed by atoms with Gasteiger partial charge in [-0.2, -0.15) is 11.8 Å². The lowest BCUT2D eigenvalue weighted by atomic mass is 9.97. The number of hydrogen-bond acceptors (Lipinski definition) is 7. The quantitative estimate of drug-likeness (QED) is 0.188. The van der Waals surface area contributed by atoms with Crippen LogP contribution < -0.4 is 10.6 Å². The van der Waals surface area contributed by atoms with E-state index in [1.807, 2.05) is 41.5 Å². The first-order valence-corrected chi connectivity index (χ1v) is 16.8. The van der Waals surface area contributed by atoms with Gasteiger partial charge >= 0.3 is 5.97 Å². The highest BCUT2D eigenvalue weighted by Crippen LogP contribution is 2.21. The molecule has 0 aliphatic rings. The molecule has 0 unspecified atom stereocenters. The molecule has 2 aromatic carbocycles. The number of carbonyl (C=O) groups excluding carboxylic acids is 2. The van der Waals surface area contributed by atoms with E-state index in [4.69, 9.17) is 0 Å². The van der Waals surface area contributed by atoms with Gasteiger partial charge in [-0.05, 0) is 58.4 Å². The Labute approximate surface area is 257 Å². The third kappa shape index (κ3) is 11.0. The number of benzene rings is 2. The molecule has 226 valence electrons. The second kappa shape index (κ2) is 17.8. The number of nitrogens with one attached hydrogen (secondary N) is 2. The van der Waals surface area contributed by atoms with Gasteiger partial charge in [0, 0.05) is 37.3 Å². The fraction of sp³-hybridized carbons (Fsp3) is 0.438. The Morgan fingerprint density at radius 1 is 1.00 bits per heavy atom. The summed E-state index contributed by atoms with van der Waals surface area (Å²) in [5.41, 5.74) is 2.19. The van der Waals surface area contributed by atoms with Crippen molar-refractivity contribution < 1.29 is 19.5 Å². The molecule has 0 spiro atoms. The molecule has 0 saturated heterocycles. The van der Waals surface area contributed by atoms with Crippen LogP contribution >= 0.6 is 23.5 Å². The summed E-state index contributed by atoms with van der Waals surface area (Å²) >= 11 is 3.10. The Hall–Kier alpha value is -3.08. The average Bonchev–Trinajstić information content (AvgIpc) is 2.99. The number of hydrogen-bond donors (Lipinski definition) is 3. The number of carbonyl (C=O) groups is 3. The summed E-state index contributed by atoms with van der Waals surface area (Å²) < 4.78 is 0. The number of thioether (sulfide) groups is 2. The molecule has 0 fully saturated rings. The zero-order chi connectivity index (χ0) is 30.3. The van der Waals surface area contributed by atoms with Crippen molar-refractivity contribution in [3.8, 4) is 0 Å². The zero-order valence-electron chi connectivity index (χ0n) is 24.6. The van der Waals surface area contributed by atoms with Gasteiger partial charge in [-0.1, -0.05) is 62.7 Å². The van der Waals surface area contributed by atoms with E-state index in [0.717, 1.165) is 34.1 Å². The highest BCUT2D eigenvalue weighted by molar-refractivity contribution is 7.99. The first-order chi connectivity index (χ1) is 20.3. The smallest absolute Gasteiger partial charge is 0.326 e. The van der Waals surface area contributed by atoms with Crippen molar-refractivity contribution in [1.29, 1.82) is 0 Å². The van der Waals surface area contributed by atoms with Crippen LogP contribution in [0.1, 0.15) is 37.8 Å². The first-order valence-electron chi connectivity index (χ1n) is 14.3. The van der Waals surface area contributed by atoms with E-state index >= 15 is 0 Å². The van der Waals surface area contributed by atoms with Gasteiger partial charge in [0.2, 0.25) is 11.8 Å². The van der Waals surface area contributed by atoms with E-state index in [1.54, 1.807) is 35.9 Å². The van der Waals surface area contributed by atoms with Crippen molar-refractivity contribution in [1.82, 2.24) is 20.5 Å². The summed E-state index contributed by atoms with van der Waals surface area (Å²) in [6.45, 7) is 5.15. The van der Waals surface area contributed by atoms with Crippen LogP contribution in [0.3, 0.4) is 0 Å². The van der Waals surface area contributed by atoms with Crippen LogP contribution in [-0.2, 0) is 26.7 Å². The number of nitrogens with zero attached hydrogens (tertiary/aromatic N) is 2. The summed E-state index contributed by atoms with van der Waals surface area (Å²) in [7, 11) is 0. The maximum Gasteiger partial charge on any atom is 0.326 e. The molecule has 42 heavy (non-hydrogen) atoms. The van der Waals surface area contributed by atoms with Crippen LogP contribution in [0.25, 0.3) is 10.8 Å². The van der Waals surface area contributed by atoms with Gasteiger partial charge in [0.15, 0.2) is 0 Å². The standard InChI is InChI=1S/C32H42N4O4S2/c1-4-23(2)29(35-31(38)22-42-21-24-12-15-33-16-13-24)19-36(20-30(37)34-28(32(39)40)14-17-41-3)18-26-10-7-9-25-8-5-6-11-27(25)26/h5-13,15-16,23,28-29H,4,14,17-22H2,1-3H3,(H,34,37)(H,35,38)(H,39,40)/t23-,28-,29+/m0/s1. The molecule has 10 heteroatoms. The number of fused-ring (bicyclic) bond motifs is 1. The van der Waals surface area contributed by atoms with Gasteiger partial charge in [-0.3, -0.25) is 19.5 Å². The van der Waals surface area contributed by atoms with E-state index in [1.165, 1.54) is 0 Å². The number of carboxylic acids is 1. The van der Waals surface area contributed by atoms with Crippen LogP contribution in [0.4, 0.5) is 0 Å². The fourth-order valence-electron chi connectivity index (χ4n) is 4.71. The lowest BCUT2D eigenvalue weighted by Gasteiger charge is -2.31. The van der Waals surface area contributed by atoms with Crippen molar-refractivity contribution in [2.45, 2.75) is 51.1 Å². The summed E-state index contributed by atoms with van der Waals surface area (Å²) in [6, 6.07) is 17.0. The van der Waals surface area contributed by atoms with E-state index in [9.17, 15) is 19.5 Å². The average molecular weight is 611 g/mol. The van der Waals surface area contributed by atoms with Crippen molar-refractivity contribution in [2.24, 2.45) is 5.92 Å². The minimum Gasteiger partial charge on any atom is -0.480 e. The second-order valence-corrected chi connectivity index (χ2v) is 12.4. The molecular weight excluding hydrogens is 569 g/mol. The first kappa shape index (κ1) is 33.4. The van der Waals surface area contributed by atoms with Crippen LogP contribution in [0, 0.1) is 5.92 Å². The molecule has 3 aromatic rings. The van der Waals surface area contributed by atoms with Crippen LogP contribution in [0.5, 0.6) is 0 Å². The second-order valence-electron chi connectivity index (χ2n) is 10.5. The molecule has 2 amide bonds. The summed E-state index contributed by atoms with van der Waals surface area (Å²) in [6.07, 6.45) is 6.62. The number of aliphatic carboxylic acids is 1. The maximum absolute atomic E-state index is 13.2. The lowest BCUT2D eigenvalue weighted by Crippen LogP contribution is -2.51. The predicted octanol–water partition coefficient (Wildman–Crippen LogP) is 4.82. The molecule has 3 atom stereocenters. The van der Waals surface area contributed by atoms with Gasteiger partial charge in [-0.25, -0.2) is 4.79 Å². The van der Waals surface area contributed by atoms with E-state index in [-0.39, 0.29) is 30.3 Å². The Kier molecular flexibility index (Phi) is 14.1. The Bertz CT molecular complexity index is 1290. The van der Waals surface area contributed by atoms with Gasteiger partial charge in [0.1, 0.15) is 6.04 Å². The monoisotopic (exact) mass is 610 g/mol. The van der Waals surface area contributed by atoms with Gasteiger partial charge in [-0.15, -0.1) is 11.8 Å². The molecule has 0 bridgehead atoms. The largest absolute Gasteiger partial charge is 0.480 e. The van der Waals surface area contributed by atoms with E-state index in [0.29, 0.717) is 31.0 Å². The summed E-state index contributed by atoms with van der Waals surface area (Å²) in [5.74, 6) is 0.437. The lowest BCUT2D eigenvalue weighted by molar-refractivity contribution is -0.142. The van der Waals surface area contributed by atoms with E-state index < -0.39 is 12.0 Å². The molecule has 0 aliphatic heterocycles. The van der Waals surface area contributed by atoms with Gasteiger partial charge in [0.05, 0.1) is 12.3 Å². The number of amides is 2. The molecule has 0 saturated carbocycles. The topological polar surface area (TPSA) is 112 Å². The number of carboxylic acid groups (broad SMARTS) is 1. The molecule has 3 rings (SSSR count). The minimum absolute atomic E-state index is 0.0197. The van der Waals surface area contributed by atoms with Crippen molar-refractivity contribution in [3.05, 3.63) is 78.1 Å². The highest BCUT2D eigenvalue weighted by atomic mass is 32.2. The number of aromatic nitrogens is 1. The van der Waals surface area contributed by atoms with Gasteiger partial charge in [0.25, 0.3) is 0 Å². The van der Waals surface area contributed by atoms with E-state index in [2.05, 4.69) is 53.7 Å². The third-order valence-electron chi connectivity index (χ3n) is 7.27. The predicted molar refractivity (Wildman–Crippen MR) is 174 cm³/mol. The van der Waals surface area contributed by atoms with Crippen molar-refractivity contribution in [2.75, 3.05) is 30.9 Å². The Morgan fingerprint density at radius 2 is 1.74 bits per heavy atom. The highest BCUT2D eigenvalue weighted by Gasteiger charge is 2.25. The Balaban J connectivity index is 1.75. The molecule has 0 radical (unpaired) electrons. The molecule has 1 aromatic heterocycles. The number of rotatable bonds is 18. The summed E-state index contributed by atoms with van der Waals surface area (Å²) in [5, 5.41) is 17.8. The van der Waals surface area contributed by atoms with Crippen LogP contribution in [0.15, 0.2) is 67.0 Å². The normalized spacial score (nSPS) is 13.4. The maximum atomic E-state index is 13.2. The summed E-state index contributed by atoms with van der Waals surface area (Å²) in [4.78, 5) is 44.0. The van der Waals surface area contributed by atoms with Gasteiger partial charge < -0.3 is 15.7 Å². The fourth-order valence-corrected chi connectivity index (χ4v) is 5.98. The Morgan fingerprint density at radius 3 is 2.45 bits per heavy atom. The third-order valence-corrected chi connectivity index (χ3v) is 8.92.